The molecule has 0 N–H and O–H groups in total. The van der Waals surface area contributed by atoms with Gasteiger partial charge < -0.3 is 0 Å². The Balaban J connectivity index is 1.48. The number of fused-ring (bicyclic) bond motifs is 1. The predicted octanol–water partition coefficient (Wildman–Crippen LogP) is 3.59. The molecule has 7 heteroatoms. The minimum Gasteiger partial charge on any atom is -0.294 e. The van der Waals surface area contributed by atoms with E-state index >= 15 is 0 Å². The van der Waals surface area contributed by atoms with Gasteiger partial charge in [0.05, 0.1) is 22.5 Å². The van der Waals surface area contributed by atoms with Gasteiger partial charge in [-0.2, -0.15) is 5.10 Å². The number of aromatic nitrogens is 4. The van der Waals surface area contributed by atoms with Crippen molar-refractivity contribution in [3.63, 3.8) is 0 Å². The third-order valence-electron chi connectivity index (χ3n) is 5.00. The molecule has 4 heterocycles. The quantitative estimate of drug-likeness (QED) is 0.677. The molecule has 0 spiro atoms. The first-order valence-corrected chi connectivity index (χ1v) is 9.82. The monoisotopic (exact) mass is 397 g/mol. The number of pyridine rings is 1. The molecule has 0 aromatic carbocycles. The first-order chi connectivity index (χ1) is 13.3. The van der Waals surface area contributed by atoms with E-state index in [1.54, 1.807) is 24.4 Å². The molecular formula is C21H24ClN5O. The van der Waals surface area contributed by atoms with Crippen molar-refractivity contribution < 1.29 is 0 Å². The summed E-state index contributed by atoms with van der Waals surface area (Å²) >= 11 is 5.97. The second-order valence-electron chi connectivity index (χ2n) is 8.22. The maximum Gasteiger partial charge on any atom is 0.258 e. The normalized spacial score (nSPS) is 15.8. The highest BCUT2D eigenvalue weighted by Gasteiger charge is 2.18. The number of rotatable bonds is 3. The van der Waals surface area contributed by atoms with E-state index in [1.165, 1.54) is 15.5 Å². The largest absolute Gasteiger partial charge is 0.294 e. The van der Waals surface area contributed by atoms with Gasteiger partial charge in [0.15, 0.2) is 0 Å². The van der Waals surface area contributed by atoms with Crippen LogP contribution in [0.5, 0.6) is 0 Å². The molecule has 1 aliphatic heterocycles. The van der Waals surface area contributed by atoms with Gasteiger partial charge in [-0.15, -0.1) is 0 Å². The van der Waals surface area contributed by atoms with Gasteiger partial charge in [-0.05, 0) is 44.9 Å². The van der Waals surface area contributed by atoms with Crippen LogP contribution in [0.25, 0.3) is 11.2 Å². The van der Waals surface area contributed by atoms with E-state index in [0.29, 0.717) is 17.2 Å². The Bertz CT molecular complexity index is 1110. The van der Waals surface area contributed by atoms with Gasteiger partial charge in [0.1, 0.15) is 5.65 Å². The summed E-state index contributed by atoms with van der Waals surface area (Å²) in [6, 6.07) is 5.12. The summed E-state index contributed by atoms with van der Waals surface area (Å²) in [5.74, 6) is 0. The summed E-state index contributed by atoms with van der Waals surface area (Å²) in [5, 5.41) is 5.02. The van der Waals surface area contributed by atoms with Crippen molar-refractivity contribution in [3.05, 3.63) is 69.5 Å². The smallest absolute Gasteiger partial charge is 0.258 e. The number of hydrogen-bond acceptors (Lipinski definition) is 4. The van der Waals surface area contributed by atoms with E-state index in [-0.39, 0.29) is 11.1 Å². The molecule has 0 saturated heterocycles. The maximum absolute atomic E-state index is 12.3. The number of nitrogens with zero attached hydrogens (tertiary/aromatic N) is 5. The van der Waals surface area contributed by atoms with Crippen LogP contribution in [0.1, 0.15) is 38.4 Å². The van der Waals surface area contributed by atoms with Gasteiger partial charge in [0, 0.05) is 43.7 Å². The van der Waals surface area contributed by atoms with Crippen LogP contribution in [-0.4, -0.2) is 37.2 Å². The SMILES string of the molecule is CC(C)(C)n1cc(C2=CCN(Cc3cc(=O)n4cc(Cl)ccc4n3)CC2)cn1. The summed E-state index contributed by atoms with van der Waals surface area (Å²) in [6.07, 6.45) is 8.88. The van der Waals surface area contributed by atoms with E-state index in [1.807, 2.05) is 10.9 Å². The third kappa shape index (κ3) is 3.88. The van der Waals surface area contributed by atoms with Crippen molar-refractivity contribution in [1.29, 1.82) is 0 Å². The van der Waals surface area contributed by atoms with Crippen molar-refractivity contribution in [2.24, 2.45) is 0 Å². The Morgan fingerprint density at radius 1 is 1.21 bits per heavy atom. The van der Waals surface area contributed by atoms with Crippen LogP contribution in [0.2, 0.25) is 5.02 Å². The van der Waals surface area contributed by atoms with Crippen LogP contribution >= 0.6 is 11.6 Å². The van der Waals surface area contributed by atoms with E-state index < -0.39 is 0 Å². The summed E-state index contributed by atoms with van der Waals surface area (Å²) in [4.78, 5) is 19.2. The van der Waals surface area contributed by atoms with Crippen LogP contribution in [-0.2, 0) is 12.1 Å². The molecule has 3 aromatic rings. The van der Waals surface area contributed by atoms with Crippen LogP contribution in [0, 0.1) is 0 Å². The fourth-order valence-corrected chi connectivity index (χ4v) is 3.57. The van der Waals surface area contributed by atoms with Crippen LogP contribution in [0.3, 0.4) is 0 Å². The average molecular weight is 398 g/mol. The van der Waals surface area contributed by atoms with Crippen molar-refractivity contribution in [3.8, 4) is 0 Å². The summed E-state index contributed by atoms with van der Waals surface area (Å²) in [7, 11) is 0. The highest BCUT2D eigenvalue weighted by molar-refractivity contribution is 6.30. The van der Waals surface area contributed by atoms with E-state index in [4.69, 9.17) is 11.6 Å². The molecule has 0 radical (unpaired) electrons. The van der Waals surface area contributed by atoms with Crippen LogP contribution in [0.4, 0.5) is 0 Å². The minimum absolute atomic E-state index is 0.0143. The average Bonchev–Trinajstić information content (AvgIpc) is 3.14. The van der Waals surface area contributed by atoms with Crippen LogP contribution < -0.4 is 5.56 Å². The van der Waals surface area contributed by atoms with Crippen molar-refractivity contribution in [1.82, 2.24) is 24.1 Å². The predicted molar refractivity (Wildman–Crippen MR) is 112 cm³/mol. The standard InChI is InChI=1S/C21H24ClN5O/c1-21(2,3)27-12-16(11-23-27)15-6-8-25(9-7-15)14-18-10-20(28)26-13-17(22)4-5-19(26)24-18/h4-6,10-13H,7-9,14H2,1-3H3. The summed E-state index contributed by atoms with van der Waals surface area (Å²) in [5.41, 5.74) is 3.80. The molecular weight excluding hydrogens is 374 g/mol. The number of halogens is 1. The highest BCUT2D eigenvalue weighted by atomic mass is 35.5. The Morgan fingerprint density at radius 2 is 2.04 bits per heavy atom. The van der Waals surface area contributed by atoms with Gasteiger partial charge in [-0.1, -0.05) is 17.7 Å². The van der Waals surface area contributed by atoms with Crippen LogP contribution in [0.15, 0.2) is 47.7 Å². The number of hydrogen-bond donors (Lipinski definition) is 0. The summed E-state index contributed by atoms with van der Waals surface area (Å²) in [6.45, 7) is 8.85. The zero-order valence-corrected chi connectivity index (χ0v) is 17.1. The van der Waals surface area contributed by atoms with Gasteiger partial charge >= 0.3 is 0 Å². The van der Waals surface area contributed by atoms with Gasteiger partial charge in [0.25, 0.3) is 5.56 Å². The zero-order chi connectivity index (χ0) is 19.9. The lowest BCUT2D eigenvalue weighted by Gasteiger charge is -2.25. The first kappa shape index (κ1) is 18.9. The molecule has 0 atom stereocenters. The molecule has 146 valence electrons. The maximum atomic E-state index is 12.3. The van der Waals surface area contributed by atoms with Crippen molar-refractivity contribution in [2.45, 2.75) is 39.3 Å². The second-order valence-corrected chi connectivity index (χ2v) is 8.66. The Labute approximate surface area is 169 Å². The Hall–Kier alpha value is -2.44. The van der Waals surface area contributed by atoms with Crippen molar-refractivity contribution >= 4 is 22.8 Å². The van der Waals surface area contributed by atoms with Gasteiger partial charge in [-0.3, -0.25) is 18.8 Å². The van der Waals surface area contributed by atoms with Crippen molar-refractivity contribution in [2.75, 3.05) is 13.1 Å². The lowest BCUT2D eigenvalue weighted by atomic mass is 10.0. The minimum atomic E-state index is -0.106. The topological polar surface area (TPSA) is 55.4 Å². The zero-order valence-electron chi connectivity index (χ0n) is 16.4. The molecule has 4 rings (SSSR count). The second kappa shape index (κ2) is 7.18. The molecule has 28 heavy (non-hydrogen) atoms. The van der Waals surface area contributed by atoms with E-state index in [2.05, 4.69) is 48.0 Å². The fourth-order valence-electron chi connectivity index (χ4n) is 3.41. The molecule has 0 aliphatic carbocycles. The molecule has 6 nitrogen and oxygen atoms in total. The molecule has 0 fully saturated rings. The lowest BCUT2D eigenvalue weighted by molar-refractivity contribution is 0.290. The molecule has 0 saturated carbocycles. The Morgan fingerprint density at radius 3 is 2.71 bits per heavy atom. The lowest BCUT2D eigenvalue weighted by Crippen LogP contribution is -2.29. The molecule has 0 bridgehead atoms. The molecule has 0 amide bonds. The van der Waals surface area contributed by atoms with Gasteiger partial charge in [0.2, 0.25) is 0 Å². The summed E-state index contributed by atoms with van der Waals surface area (Å²) < 4.78 is 3.49. The fraction of sp³-hybridized carbons (Fsp3) is 0.381. The van der Waals surface area contributed by atoms with Gasteiger partial charge in [-0.25, -0.2) is 4.98 Å². The molecule has 0 unspecified atom stereocenters. The first-order valence-electron chi connectivity index (χ1n) is 9.44. The molecule has 3 aromatic heterocycles. The van der Waals surface area contributed by atoms with E-state index in [9.17, 15) is 4.79 Å². The Kier molecular flexibility index (Phi) is 4.85. The van der Waals surface area contributed by atoms with E-state index in [0.717, 1.165) is 25.2 Å². The highest BCUT2D eigenvalue weighted by Crippen LogP contribution is 2.24. The molecule has 1 aliphatic rings. The third-order valence-corrected chi connectivity index (χ3v) is 5.22.